The minimum absolute atomic E-state index is 0.00501. The largest absolute Gasteiger partial charge is 0.496 e. The number of halogens is 2. The van der Waals surface area contributed by atoms with Crippen LogP contribution in [0.1, 0.15) is 69.1 Å². The van der Waals surface area contributed by atoms with Crippen LogP contribution in [0.3, 0.4) is 0 Å². The van der Waals surface area contributed by atoms with E-state index in [9.17, 15) is 14.4 Å². The van der Waals surface area contributed by atoms with Crippen LogP contribution in [0.15, 0.2) is 41.3 Å². The van der Waals surface area contributed by atoms with Gasteiger partial charge in [0.25, 0.3) is 11.5 Å². The number of anilines is 1. The summed E-state index contributed by atoms with van der Waals surface area (Å²) in [7, 11) is 2.75. The standard InChI is InChI=1S/C36H42F2N6O5/c1-19(2)28-30(20(3)13-14-40-28)44-32-22(17-24(38)29(41-32)26-23(37)11-10-12-25(26)48-9)31(27(34(44)46)33(45)39-8)42-15-16-43(21(4)18-42)35(47)49-36(5,6)7/h10-14,17,19,21H,15-16,18H2,1-9H3,(H,39,45)/t21-/m1/s1. The lowest BCUT2D eigenvalue weighted by Gasteiger charge is -2.42. The first-order chi connectivity index (χ1) is 23.1. The van der Waals surface area contributed by atoms with Crippen LogP contribution in [0.25, 0.3) is 28.0 Å². The first kappa shape index (κ1) is 35.2. The Morgan fingerprint density at radius 2 is 1.80 bits per heavy atom. The lowest BCUT2D eigenvalue weighted by Crippen LogP contribution is -2.55. The van der Waals surface area contributed by atoms with E-state index in [1.54, 1.807) is 49.8 Å². The van der Waals surface area contributed by atoms with Crippen molar-refractivity contribution in [3.05, 3.63) is 75.3 Å². The summed E-state index contributed by atoms with van der Waals surface area (Å²) in [5, 5.41) is 2.72. The van der Waals surface area contributed by atoms with E-state index >= 15 is 8.78 Å². The second-order valence-electron chi connectivity index (χ2n) is 13.4. The third-order valence-electron chi connectivity index (χ3n) is 8.46. The molecule has 1 atom stereocenters. The van der Waals surface area contributed by atoms with Crippen LogP contribution >= 0.6 is 0 Å². The first-order valence-corrected chi connectivity index (χ1v) is 16.1. The SMILES string of the molecule is CNC(=O)c1c(N2CCN(C(=O)OC(C)(C)C)[C@H](C)C2)c2cc(F)c(-c3c(F)cccc3OC)nc2n(-c2c(C)ccnc2C(C)C)c1=O. The molecule has 49 heavy (non-hydrogen) atoms. The van der Waals surface area contributed by atoms with E-state index < -0.39 is 40.8 Å². The monoisotopic (exact) mass is 676 g/mol. The Bertz CT molecular complexity index is 2010. The Morgan fingerprint density at radius 3 is 2.41 bits per heavy atom. The molecule has 4 heterocycles. The molecule has 0 unspecified atom stereocenters. The third-order valence-corrected chi connectivity index (χ3v) is 8.46. The second kappa shape index (κ2) is 13.4. The van der Waals surface area contributed by atoms with Crippen LogP contribution in [0, 0.1) is 18.6 Å². The summed E-state index contributed by atoms with van der Waals surface area (Å²) in [5.74, 6) is -2.46. The van der Waals surface area contributed by atoms with Crippen LogP contribution in [-0.4, -0.2) is 76.9 Å². The number of fused-ring (bicyclic) bond motifs is 1. The number of ether oxygens (including phenoxy) is 2. The van der Waals surface area contributed by atoms with Gasteiger partial charge in [0.05, 0.1) is 29.7 Å². The summed E-state index contributed by atoms with van der Waals surface area (Å²) in [6, 6.07) is 6.59. The number of carbonyl (C=O) groups is 2. The van der Waals surface area contributed by atoms with E-state index in [4.69, 9.17) is 9.47 Å². The molecule has 1 aliphatic rings. The molecule has 0 saturated carbocycles. The number of hydrogen-bond acceptors (Lipinski definition) is 8. The molecule has 1 fully saturated rings. The lowest BCUT2D eigenvalue weighted by atomic mass is 10.0. The number of nitrogens with zero attached hydrogens (tertiary/aromatic N) is 5. The molecular formula is C36H42F2N6O5. The fraction of sp³-hybridized carbons (Fsp3) is 0.417. The van der Waals surface area contributed by atoms with E-state index in [-0.39, 0.29) is 64.8 Å². The number of hydrogen-bond donors (Lipinski definition) is 1. The van der Waals surface area contributed by atoms with Gasteiger partial charge in [0, 0.05) is 44.3 Å². The van der Waals surface area contributed by atoms with E-state index in [1.165, 1.54) is 43.0 Å². The van der Waals surface area contributed by atoms with Crippen molar-refractivity contribution < 1.29 is 27.8 Å². The van der Waals surface area contributed by atoms with Gasteiger partial charge in [-0.2, -0.15) is 0 Å². The summed E-state index contributed by atoms with van der Waals surface area (Å²) in [4.78, 5) is 54.2. The molecule has 3 aromatic heterocycles. The minimum atomic E-state index is -0.891. The molecule has 0 bridgehead atoms. The molecule has 0 aliphatic carbocycles. The molecule has 13 heteroatoms. The number of aryl methyl sites for hydroxylation is 1. The van der Waals surface area contributed by atoms with E-state index in [0.717, 1.165) is 0 Å². The van der Waals surface area contributed by atoms with Crippen molar-refractivity contribution in [2.45, 2.75) is 66.0 Å². The van der Waals surface area contributed by atoms with Crippen molar-refractivity contribution in [1.29, 1.82) is 0 Å². The van der Waals surface area contributed by atoms with E-state index in [0.29, 0.717) is 16.9 Å². The van der Waals surface area contributed by atoms with Gasteiger partial charge in [-0.15, -0.1) is 0 Å². The van der Waals surface area contributed by atoms with Gasteiger partial charge in [0.1, 0.15) is 28.4 Å². The van der Waals surface area contributed by atoms with Crippen LogP contribution in [0.5, 0.6) is 5.75 Å². The third kappa shape index (κ3) is 6.53. The van der Waals surface area contributed by atoms with Crippen molar-refractivity contribution in [3.63, 3.8) is 0 Å². The number of methoxy groups -OCH3 is 1. The molecule has 1 saturated heterocycles. The summed E-state index contributed by atoms with van der Waals surface area (Å²) in [5.41, 5.74) is -0.497. The maximum atomic E-state index is 16.4. The van der Waals surface area contributed by atoms with E-state index in [1.807, 2.05) is 20.8 Å². The van der Waals surface area contributed by atoms with Crippen LogP contribution in [0.2, 0.25) is 0 Å². The number of pyridine rings is 3. The van der Waals surface area contributed by atoms with Crippen molar-refractivity contribution in [3.8, 4) is 22.7 Å². The van der Waals surface area contributed by atoms with Gasteiger partial charge < -0.3 is 24.6 Å². The molecule has 260 valence electrons. The zero-order valence-corrected chi connectivity index (χ0v) is 29.3. The fourth-order valence-electron chi connectivity index (χ4n) is 6.25. The molecule has 0 radical (unpaired) electrons. The number of amides is 2. The smallest absolute Gasteiger partial charge is 0.410 e. The highest BCUT2D eigenvalue weighted by molar-refractivity contribution is 6.07. The highest BCUT2D eigenvalue weighted by Gasteiger charge is 2.36. The van der Waals surface area contributed by atoms with Gasteiger partial charge in [-0.05, 0) is 70.4 Å². The average molecular weight is 677 g/mol. The fourth-order valence-corrected chi connectivity index (χ4v) is 6.25. The normalized spacial score (nSPS) is 15.1. The van der Waals surface area contributed by atoms with Gasteiger partial charge in [-0.1, -0.05) is 19.9 Å². The minimum Gasteiger partial charge on any atom is -0.496 e. The van der Waals surface area contributed by atoms with Crippen molar-refractivity contribution >= 4 is 28.7 Å². The summed E-state index contributed by atoms with van der Waals surface area (Å²) >= 11 is 0. The first-order valence-electron chi connectivity index (χ1n) is 16.1. The molecule has 2 amide bonds. The van der Waals surface area contributed by atoms with Gasteiger partial charge >= 0.3 is 6.09 Å². The summed E-state index contributed by atoms with van der Waals surface area (Å²) in [6.07, 6.45) is 1.14. The Morgan fingerprint density at radius 1 is 1.08 bits per heavy atom. The predicted molar refractivity (Wildman–Crippen MR) is 184 cm³/mol. The molecule has 0 spiro atoms. The zero-order valence-electron chi connectivity index (χ0n) is 29.3. The van der Waals surface area contributed by atoms with Crippen LogP contribution < -0.4 is 20.5 Å². The second-order valence-corrected chi connectivity index (χ2v) is 13.4. The number of nitrogens with one attached hydrogen (secondary N) is 1. The average Bonchev–Trinajstić information content (AvgIpc) is 3.03. The molecule has 11 nitrogen and oxygen atoms in total. The number of rotatable bonds is 6. The Kier molecular flexibility index (Phi) is 9.67. The maximum Gasteiger partial charge on any atom is 0.410 e. The van der Waals surface area contributed by atoms with Gasteiger partial charge in [-0.3, -0.25) is 19.1 Å². The predicted octanol–water partition coefficient (Wildman–Crippen LogP) is 5.97. The van der Waals surface area contributed by atoms with Crippen LogP contribution in [0.4, 0.5) is 19.3 Å². The summed E-state index contributed by atoms with van der Waals surface area (Å²) < 4.78 is 44.1. The molecule has 5 rings (SSSR count). The molecule has 1 N–H and O–H groups in total. The molecule has 1 aliphatic heterocycles. The number of piperazine rings is 1. The molecule has 4 aromatic rings. The van der Waals surface area contributed by atoms with Gasteiger partial charge in [-0.25, -0.2) is 18.6 Å². The molecular weight excluding hydrogens is 634 g/mol. The van der Waals surface area contributed by atoms with E-state index in [2.05, 4.69) is 15.3 Å². The Balaban J connectivity index is 1.87. The van der Waals surface area contributed by atoms with Crippen LogP contribution in [-0.2, 0) is 4.74 Å². The number of aromatic nitrogens is 3. The highest BCUT2D eigenvalue weighted by Crippen LogP contribution is 2.39. The molecule has 1 aromatic carbocycles. The van der Waals surface area contributed by atoms with Crippen molar-refractivity contribution in [1.82, 2.24) is 24.8 Å². The quantitative estimate of drug-likeness (QED) is 0.266. The highest BCUT2D eigenvalue weighted by atomic mass is 19.1. The number of benzene rings is 1. The van der Waals surface area contributed by atoms with Gasteiger partial charge in [0.15, 0.2) is 11.5 Å². The lowest BCUT2D eigenvalue weighted by molar-refractivity contribution is 0.0159. The zero-order chi connectivity index (χ0) is 35.9. The summed E-state index contributed by atoms with van der Waals surface area (Å²) in [6.45, 7) is 13.4. The topological polar surface area (TPSA) is 119 Å². The van der Waals surface area contributed by atoms with Crippen molar-refractivity contribution in [2.24, 2.45) is 0 Å². The van der Waals surface area contributed by atoms with Crippen molar-refractivity contribution in [2.75, 3.05) is 38.7 Å². The maximum absolute atomic E-state index is 16.4. The Hall–Kier alpha value is -5.07. The Labute approximate surface area is 283 Å². The number of carbonyl (C=O) groups excluding carboxylic acids is 2. The van der Waals surface area contributed by atoms with Gasteiger partial charge in [0.2, 0.25) is 0 Å².